The van der Waals surface area contributed by atoms with Crippen molar-refractivity contribution in [1.29, 1.82) is 0 Å². The average molecular weight is 602 g/mol. The molecule has 5 rings (SSSR count). The summed E-state index contributed by atoms with van der Waals surface area (Å²) >= 11 is 1.44. The second-order valence-corrected chi connectivity index (χ2v) is 13.7. The van der Waals surface area contributed by atoms with Gasteiger partial charge in [0.25, 0.3) is 0 Å². The predicted octanol–water partition coefficient (Wildman–Crippen LogP) is 1.17. The Bertz CT molecular complexity index is 1250. The summed E-state index contributed by atoms with van der Waals surface area (Å²) in [5.41, 5.74) is 0.703. The monoisotopic (exact) mass is 601 g/mol. The van der Waals surface area contributed by atoms with Gasteiger partial charge in [-0.15, -0.1) is 11.3 Å². The minimum absolute atomic E-state index is 0.0181. The van der Waals surface area contributed by atoms with Crippen molar-refractivity contribution in [1.82, 2.24) is 10.3 Å². The highest BCUT2D eigenvalue weighted by Gasteiger charge is 2.59. The number of anilines is 1. The molecule has 230 valence electrons. The second kappa shape index (κ2) is 13.0. The average Bonchev–Trinajstić information content (AvgIpc) is 3.39. The third-order valence-corrected chi connectivity index (χ3v) is 11.1. The zero-order valence-corrected chi connectivity index (χ0v) is 25.7. The SMILES string of the molecule is COc1ccc(CC(=O)Nc2nc3c(s2)C[C@@H]2[C@](C)(CO)[C@H](O)CC[C@@]2(C)[C@@H]3CC(=O)NCC[NH+]2CCOCC2)cc1. The van der Waals surface area contributed by atoms with Gasteiger partial charge in [-0.25, -0.2) is 4.98 Å². The smallest absolute Gasteiger partial charge is 0.230 e. The van der Waals surface area contributed by atoms with Gasteiger partial charge in [0, 0.05) is 22.6 Å². The third-order valence-electron chi connectivity index (χ3n) is 10.1. The number of methoxy groups -OCH3 is 1. The van der Waals surface area contributed by atoms with E-state index >= 15 is 0 Å². The number of amides is 2. The fraction of sp³-hybridized carbons (Fsp3) is 0.645. The maximum atomic E-state index is 13.4. The molecule has 0 unspecified atom stereocenters. The van der Waals surface area contributed by atoms with Crippen molar-refractivity contribution in [2.75, 3.05) is 58.4 Å². The van der Waals surface area contributed by atoms with Crippen LogP contribution in [0.3, 0.4) is 0 Å². The minimum atomic E-state index is -0.694. The van der Waals surface area contributed by atoms with E-state index in [1.54, 1.807) is 7.11 Å². The standard InChI is InChI=1S/C31H44N4O6S/c1-30-9-8-25(37)31(2,19-36)24(30)18-23-28(22(30)17-26(38)32-10-11-35-12-14-41-15-13-35)34-29(42-23)33-27(39)16-20-4-6-21(40-3)7-5-20/h4-7,22,24-25,36-37H,8-19H2,1-3H3,(H,32,38)(H,33,34,39)/p+1/t22-,24+,25-,30+,31+/m1/s1. The first-order valence-corrected chi connectivity index (χ1v) is 15.9. The summed E-state index contributed by atoms with van der Waals surface area (Å²) in [6.45, 7) is 8.91. The van der Waals surface area contributed by atoms with Crippen molar-refractivity contribution in [2.45, 2.75) is 58.0 Å². The zero-order chi connectivity index (χ0) is 29.9. The Morgan fingerprint density at radius 1 is 1.19 bits per heavy atom. The van der Waals surface area contributed by atoms with Crippen molar-refractivity contribution < 1.29 is 34.2 Å². The Labute approximate surface area is 251 Å². The van der Waals surface area contributed by atoms with Crippen LogP contribution in [0, 0.1) is 16.7 Å². The number of rotatable bonds is 10. The molecule has 2 fully saturated rings. The van der Waals surface area contributed by atoms with E-state index in [9.17, 15) is 19.8 Å². The number of thiazole rings is 1. The van der Waals surface area contributed by atoms with E-state index in [0.717, 1.165) is 61.2 Å². The van der Waals surface area contributed by atoms with Gasteiger partial charge in [-0.2, -0.15) is 0 Å². The summed E-state index contributed by atoms with van der Waals surface area (Å²) in [6.07, 6.45) is 1.81. The molecule has 1 aromatic heterocycles. The summed E-state index contributed by atoms with van der Waals surface area (Å²) < 4.78 is 10.6. The lowest BCUT2D eigenvalue weighted by molar-refractivity contribution is -0.906. The van der Waals surface area contributed by atoms with Crippen LogP contribution in [0.2, 0.25) is 0 Å². The van der Waals surface area contributed by atoms with Crippen molar-refractivity contribution in [3.63, 3.8) is 0 Å². The van der Waals surface area contributed by atoms with Gasteiger partial charge in [-0.1, -0.05) is 26.0 Å². The number of aliphatic hydroxyl groups excluding tert-OH is 2. The molecule has 2 heterocycles. The number of quaternary nitrogens is 1. The highest BCUT2D eigenvalue weighted by Crippen LogP contribution is 2.62. The highest BCUT2D eigenvalue weighted by molar-refractivity contribution is 7.15. The molecule has 2 aromatic rings. The lowest BCUT2D eigenvalue weighted by Gasteiger charge is -2.58. The molecule has 0 spiro atoms. The van der Waals surface area contributed by atoms with E-state index < -0.39 is 11.5 Å². The summed E-state index contributed by atoms with van der Waals surface area (Å²) in [5, 5.41) is 28.1. The predicted molar refractivity (Wildman–Crippen MR) is 160 cm³/mol. The molecule has 1 saturated carbocycles. The number of hydrogen-bond donors (Lipinski definition) is 5. The van der Waals surface area contributed by atoms with Crippen LogP contribution in [0.1, 0.15) is 55.2 Å². The van der Waals surface area contributed by atoms with Crippen LogP contribution >= 0.6 is 11.3 Å². The number of aliphatic hydroxyl groups is 2. The fourth-order valence-electron chi connectivity index (χ4n) is 7.34. The van der Waals surface area contributed by atoms with Crippen LogP contribution in [0.15, 0.2) is 24.3 Å². The van der Waals surface area contributed by atoms with Gasteiger partial charge in [0.2, 0.25) is 11.8 Å². The van der Waals surface area contributed by atoms with Crippen LogP contribution in [-0.4, -0.2) is 86.2 Å². The first kappa shape index (κ1) is 30.9. The molecule has 0 radical (unpaired) electrons. The largest absolute Gasteiger partial charge is 0.497 e. The number of nitrogens with zero attached hydrogens (tertiary/aromatic N) is 1. The number of nitrogens with one attached hydrogen (secondary N) is 3. The number of carbonyl (C=O) groups excluding carboxylic acids is 2. The Balaban J connectivity index is 1.34. The number of morpholine rings is 1. The Morgan fingerprint density at radius 2 is 1.93 bits per heavy atom. The van der Waals surface area contributed by atoms with Crippen molar-refractivity contribution >= 4 is 28.3 Å². The Hall–Kier alpha value is -2.57. The normalized spacial score (nSPS) is 29.3. The highest BCUT2D eigenvalue weighted by atomic mass is 32.1. The van der Waals surface area contributed by atoms with Crippen LogP contribution in [0.5, 0.6) is 5.75 Å². The molecule has 2 aliphatic carbocycles. The number of ether oxygens (including phenoxy) is 2. The molecule has 42 heavy (non-hydrogen) atoms. The van der Waals surface area contributed by atoms with E-state index in [1.807, 2.05) is 31.2 Å². The fourth-order valence-corrected chi connectivity index (χ4v) is 8.42. The molecule has 3 aliphatic rings. The molecule has 11 heteroatoms. The van der Waals surface area contributed by atoms with E-state index in [-0.39, 0.29) is 48.5 Å². The molecular formula is C31H45N4O6S+. The van der Waals surface area contributed by atoms with Gasteiger partial charge < -0.3 is 35.2 Å². The lowest BCUT2D eigenvalue weighted by Crippen LogP contribution is -3.14. The van der Waals surface area contributed by atoms with E-state index in [1.165, 1.54) is 16.2 Å². The lowest BCUT2D eigenvalue weighted by atomic mass is 9.47. The van der Waals surface area contributed by atoms with E-state index in [2.05, 4.69) is 17.6 Å². The molecule has 2 amide bonds. The number of benzene rings is 1. The van der Waals surface area contributed by atoms with E-state index in [0.29, 0.717) is 24.5 Å². The summed E-state index contributed by atoms with van der Waals surface area (Å²) in [5.74, 6) is 0.328. The quantitative estimate of drug-likeness (QED) is 0.276. The van der Waals surface area contributed by atoms with Crippen molar-refractivity contribution in [3.05, 3.63) is 40.4 Å². The van der Waals surface area contributed by atoms with Gasteiger partial charge >= 0.3 is 0 Å². The number of carbonyl (C=O) groups is 2. The molecule has 1 aromatic carbocycles. The van der Waals surface area contributed by atoms with Gasteiger partial charge in [-0.3, -0.25) is 9.59 Å². The van der Waals surface area contributed by atoms with Crippen LogP contribution < -0.4 is 20.3 Å². The molecular weight excluding hydrogens is 556 g/mol. The van der Waals surface area contributed by atoms with Gasteiger partial charge in [-0.05, 0) is 48.3 Å². The second-order valence-electron chi connectivity index (χ2n) is 12.6. The molecule has 5 N–H and O–H groups in total. The maximum Gasteiger partial charge on any atom is 0.230 e. The Kier molecular flexibility index (Phi) is 9.53. The van der Waals surface area contributed by atoms with E-state index in [4.69, 9.17) is 14.5 Å². The van der Waals surface area contributed by atoms with Gasteiger partial charge in [0.05, 0.1) is 58.2 Å². The molecule has 1 saturated heterocycles. The van der Waals surface area contributed by atoms with Crippen molar-refractivity contribution in [2.24, 2.45) is 16.7 Å². The van der Waals surface area contributed by atoms with Crippen LogP contribution in [0.4, 0.5) is 5.13 Å². The summed E-state index contributed by atoms with van der Waals surface area (Å²) in [6, 6.07) is 7.40. The molecule has 1 aliphatic heterocycles. The minimum Gasteiger partial charge on any atom is -0.497 e. The first-order chi connectivity index (χ1) is 20.2. The Morgan fingerprint density at radius 3 is 2.62 bits per heavy atom. The van der Waals surface area contributed by atoms with Crippen LogP contribution in [0.25, 0.3) is 0 Å². The van der Waals surface area contributed by atoms with Gasteiger partial charge in [0.15, 0.2) is 5.13 Å². The third kappa shape index (κ3) is 6.35. The zero-order valence-electron chi connectivity index (χ0n) is 24.9. The summed E-state index contributed by atoms with van der Waals surface area (Å²) in [7, 11) is 1.61. The topological polar surface area (TPSA) is 134 Å². The first-order valence-electron chi connectivity index (χ1n) is 15.1. The molecule has 5 atom stereocenters. The van der Waals surface area contributed by atoms with Crippen molar-refractivity contribution in [3.8, 4) is 5.75 Å². The van der Waals surface area contributed by atoms with Crippen LogP contribution in [-0.2, 0) is 27.2 Å². The number of hydrogen-bond acceptors (Lipinski definition) is 8. The summed E-state index contributed by atoms with van der Waals surface area (Å²) in [4.78, 5) is 33.7. The number of fused-ring (bicyclic) bond motifs is 2. The number of aromatic nitrogens is 1. The molecule has 0 bridgehead atoms. The molecule has 10 nitrogen and oxygen atoms in total. The maximum absolute atomic E-state index is 13.4. The van der Waals surface area contributed by atoms with Gasteiger partial charge in [0.1, 0.15) is 18.8 Å².